The number of benzene rings is 1. The number of para-hydroxylation sites is 1. The van der Waals surface area contributed by atoms with Crippen LogP contribution in [0.4, 0.5) is 0 Å². The van der Waals surface area contributed by atoms with Crippen LogP contribution < -0.4 is 5.69 Å². The van der Waals surface area contributed by atoms with Crippen LogP contribution in [0.2, 0.25) is 0 Å². The fraction of sp³-hybridized carbons (Fsp3) is 0.500. The van der Waals surface area contributed by atoms with Gasteiger partial charge in [-0.05, 0) is 37.3 Å². The molecule has 1 saturated heterocycles. The van der Waals surface area contributed by atoms with Gasteiger partial charge in [0, 0.05) is 6.54 Å². The van der Waals surface area contributed by atoms with Gasteiger partial charge in [0.1, 0.15) is 0 Å². The molecule has 1 aliphatic rings. The fourth-order valence-electron chi connectivity index (χ4n) is 3.10. The lowest BCUT2D eigenvalue weighted by Gasteiger charge is -2.22. The molecule has 20 heavy (non-hydrogen) atoms. The lowest BCUT2D eigenvalue weighted by molar-refractivity contribution is 0.426. The summed E-state index contributed by atoms with van der Waals surface area (Å²) in [7, 11) is -2.94. The van der Waals surface area contributed by atoms with Gasteiger partial charge in [-0.15, -0.1) is 0 Å². The molecule has 1 aromatic carbocycles. The van der Waals surface area contributed by atoms with Gasteiger partial charge in [0.15, 0.2) is 9.84 Å². The first kappa shape index (κ1) is 13.4. The summed E-state index contributed by atoms with van der Waals surface area (Å²) < 4.78 is 25.1. The largest absolute Gasteiger partial charge is 0.326 e. The Morgan fingerprint density at radius 3 is 2.95 bits per heavy atom. The number of aromatic amines is 1. The third kappa shape index (κ3) is 2.40. The van der Waals surface area contributed by atoms with Crippen LogP contribution in [0.25, 0.3) is 11.0 Å². The zero-order chi connectivity index (χ0) is 14.3. The molecule has 1 atom stereocenters. The number of nitrogens with one attached hydrogen (secondary N) is 1. The molecule has 0 spiro atoms. The number of hydrogen-bond donors (Lipinski definition) is 1. The van der Waals surface area contributed by atoms with Crippen LogP contribution >= 0.6 is 0 Å². The van der Waals surface area contributed by atoms with Crippen LogP contribution in [-0.2, 0) is 16.4 Å². The van der Waals surface area contributed by atoms with Crippen molar-refractivity contribution in [2.75, 3.05) is 11.5 Å². The topological polar surface area (TPSA) is 71.9 Å². The third-order valence-corrected chi connectivity index (χ3v) is 5.88. The summed E-state index contributed by atoms with van der Waals surface area (Å²) >= 11 is 0. The highest BCUT2D eigenvalue weighted by atomic mass is 32.2. The van der Waals surface area contributed by atoms with E-state index >= 15 is 0 Å². The lowest BCUT2D eigenvalue weighted by atomic mass is 10.1. The third-order valence-electron chi connectivity index (χ3n) is 3.99. The molecule has 5 nitrogen and oxygen atoms in total. The van der Waals surface area contributed by atoms with Crippen LogP contribution in [0.3, 0.4) is 0 Å². The molecular formula is C14H18N2O3S. The maximum atomic E-state index is 12.1. The zero-order valence-corrected chi connectivity index (χ0v) is 12.2. The van der Waals surface area contributed by atoms with Crippen molar-refractivity contribution in [2.24, 2.45) is 5.92 Å². The van der Waals surface area contributed by atoms with Gasteiger partial charge in [0.25, 0.3) is 0 Å². The summed E-state index contributed by atoms with van der Waals surface area (Å²) in [5, 5.41) is 0. The Bertz CT molecular complexity index is 801. The quantitative estimate of drug-likeness (QED) is 0.911. The van der Waals surface area contributed by atoms with Crippen molar-refractivity contribution in [3.05, 3.63) is 34.2 Å². The Labute approximate surface area is 117 Å². The molecular weight excluding hydrogens is 276 g/mol. The molecule has 1 fully saturated rings. The van der Waals surface area contributed by atoms with Crippen molar-refractivity contribution in [2.45, 2.75) is 26.3 Å². The number of rotatable bonds is 2. The monoisotopic (exact) mass is 294 g/mol. The molecule has 0 saturated carbocycles. The molecule has 108 valence electrons. The minimum absolute atomic E-state index is 0.0325. The Morgan fingerprint density at radius 2 is 2.20 bits per heavy atom. The predicted octanol–water partition coefficient (Wildman–Crippen LogP) is 1.46. The lowest BCUT2D eigenvalue weighted by Crippen LogP contribution is -2.31. The van der Waals surface area contributed by atoms with E-state index in [2.05, 4.69) is 4.98 Å². The highest BCUT2D eigenvalue weighted by Crippen LogP contribution is 2.22. The highest BCUT2D eigenvalue weighted by Gasteiger charge is 2.26. The summed E-state index contributed by atoms with van der Waals surface area (Å²) in [4.78, 5) is 14.9. The van der Waals surface area contributed by atoms with Gasteiger partial charge in [-0.1, -0.05) is 12.1 Å². The molecule has 1 unspecified atom stereocenters. The second-order valence-electron chi connectivity index (χ2n) is 5.63. The van der Waals surface area contributed by atoms with Crippen LogP contribution in [0, 0.1) is 12.8 Å². The van der Waals surface area contributed by atoms with E-state index in [0.29, 0.717) is 13.0 Å². The number of imidazole rings is 1. The summed E-state index contributed by atoms with van der Waals surface area (Å²) in [6, 6.07) is 5.74. The van der Waals surface area contributed by atoms with E-state index in [1.807, 2.05) is 25.1 Å². The normalized spacial score (nSPS) is 22.1. The number of nitrogens with zero attached hydrogens (tertiary/aromatic N) is 1. The van der Waals surface area contributed by atoms with E-state index in [-0.39, 0.29) is 23.1 Å². The summed E-state index contributed by atoms with van der Waals surface area (Å²) in [5.41, 5.74) is 2.57. The molecule has 1 aromatic heterocycles. The van der Waals surface area contributed by atoms with Gasteiger partial charge in [-0.3, -0.25) is 4.57 Å². The Morgan fingerprint density at radius 1 is 1.40 bits per heavy atom. The standard InChI is InChI=1S/C14H18N2O3S/c1-10-4-2-6-12-13(10)16(14(17)15-12)8-11-5-3-7-20(18,19)9-11/h2,4,6,11H,3,5,7-9H2,1H3,(H,15,17). The van der Waals surface area contributed by atoms with Crippen molar-refractivity contribution in [3.8, 4) is 0 Å². The van der Waals surface area contributed by atoms with Crippen LogP contribution in [-0.4, -0.2) is 29.5 Å². The van der Waals surface area contributed by atoms with E-state index in [1.54, 1.807) is 4.57 Å². The fourth-order valence-corrected chi connectivity index (χ4v) is 4.86. The zero-order valence-electron chi connectivity index (χ0n) is 11.4. The van der Waals surface area contributed by atoms with Crippen molar-refractivity contribution < 1.29 is 8.42 Å². The molecule has 6 heteroatoms. The first-order chi connectivity index (χ1) is 9.46. The Balaban J connectivity index is 1.99. The molecule has 1 N–H and O–H groups in total. The van der Waals surface area contributed by atoms with Crippen LogP contribution in [0.15, 0.2) is 23.0 Å². The second-order valence-corrected chi connectivity index (χ2v) is 7.86. The average molecular weight is 294 g/mol. The van der Waals surface area contributed by atoms with Gasteiger partial charge in [0.2, 0.25) is 0 Å². The van der Waals surface area contributed by atoms with Gasteiger partial charge < -0.3 is 4.98 Å². The number of sulfone groups is 1. The van der Waals surface area contributed by atoms with Crippen molar-refractivity contribution in [1.29, 1.82) is 0 Å². The van der Waals surface area contributed by atoms with Crippen LogP contribution in [0.5, 0.6) is 0 Å². The SMILES string of the molecule is Cc1cccc2[nH]c(=O)n(CC3CCCS(=O)(=O)C3)c12. The summed E-state index contributed by atoms with van der Waals surface area (Å²) in [6.07, 6.45) is 1.56. The van der Waals surface area contributed by atoms with Crippen molar-refractivity contribution >= 4 is 20.9 Å². The second kappa shape index (κ2) is 4.77. The molecule has 3 rings (SSSR count). The molecule has 0 aliphatic carbocycles. The Hall–Kier alpha value is -1.56. The number of aromatic nitrogens is 2. The van der Waals surface area contributed by atoms with E-state index in [1.165, 1.54) is 0 Å². The van der Waals surface area contributed by atoms with Gasteiger partial charge in [-0.2, -0.15) is 0 Å². The highest BCUT2D eigenvalue weighted by molar-refractivity contribution is 7.91. The molecule has 0 radical (unpaired) electrons. The minimum atomic E-state index is -2.94. The van der Waals surface area contributed by atoms with E-state index in [4.69, 9.17) is 0 Å². The average Bonchev–Trinajstić information content (AvgIpc) is 2.66. The van der Waals surface area contributed by atoms with Crippen molar-refractivity contribution in [1.82, 2.24) is 9.55 Å². The van der Waals surface area contributed by atoms with Gasteiger partial charge in [0.05, 0.1) is 22.5 Å². The van der Waals surface area contributed by atoms with E-state index in [9.17, 15) is 13.2 Å². The molecule has 2 aromatic rings. The molecule has 1 aliphatic heterocycles. The molecule has 2 heterocycles. The number of fused-ring (bicyclic) bond motifs is 1. The maximum absolute atomic E-state index is 12.1. The van der Waals surface area contributed by atoms with E-state index < -0.39 is 9.84 Å². The predicted molar refractivity (Wildman–Crippen MR) is 78.7 cm³/mol. The summed E-state index contributed by atoms with van der Waals surface area (Å²) in [6.45, 7) is 2.44. The van der Waals surface area contributed by atoms with Gasteiger partial charge >= 0.3 is 5.69 Å². The Kier molecular flexibility index (Phi) is 3.20. The number of H-pyrrole nitrogens is 1. The molecule has 0 amide bonds. The molecule has 0 bridgehead atoms. The van der Waals surface area contributed by atoms with E-state index in [0.717, 1.165) is 23.0 Å². The summed E-state index contributed by atoms with van der Waals surface area (Å²) in [5.74, 6) is 0.508. The van der Waals surface area contributed by atoms with Crippen molar-refractivity contribution in [3.63, 3.8) is 0 Å². The number of hydrogen-bond acceptors (Lipinski definition) is 3. The minimum Gasteiger partial charge on any atom is -0.306 e. The smallest absolute Gasteiger partial charge is 0.306 e. The maximum Gasteiger partial charge on any atom is 0.326 e. The first-order valence-corrected chi connectivity index (χ1v) is 8.67. The van der Waals surface area contributed by atoms with Gasteiger partial charge in [-0.25, -0.2) is 13.2 Å². The number of aryl methyl sites for hydroxylation is 1. The van der Waals surface area contributed by atoms with Crippen LogP contribution in [0.1, 0.15) is 18.4 Å². The first-order valence-electron chi connectivity index (χ1n) is 6.85.